The predicted molar refractivity (Wildman–Crippen MR) is 84.7 cm³/mol. The first-order valence-corrected chi connectivity index (χ1v) is 9.81. The second-order valence-corrected chi connectivity index (χ2v) is 8.25. The summed E-state index contributed by atoms with van der Waals surface area (Å²) in [5.74, 6) is 0.378. The van der Waals surface area contributed by atoms with Crippen LogP contribution in [0.25, 0.3) is 0 Å². The lowest BCUT2D eigenvalue weighted by atomic mass is 10.3. The second-order valence-electron chi connectivity index (χ2n) is 5.10. The lowest BCUT2D eigenvalue weighted by Gasteiger charge is -2.33. The molecule has 0 N–H and O–H groups in total. The summed E-state index contributed by atoms with van der Waals surface area (Å²) in [4.78, 5) is 14.7. The number of hydrogen-bond acceptors (Lipinski definition) is 4. The third-order valence-corrected chi connectivity index (χ3v) is 5.78. The first-order chi connectivity index (χ1) is 10.4. The number of amides is 1. The molecule has 1 fully saturated rings. The highest BCUT2D eigenvalue weighted by Crippen LogP contribution is 2.19. The number of sulfonamides is 1. The molecule has 0 bridgehead atoms. The molecule has 0 radical (unpaired) electrons. The topological polar surface area (TPSA) is 57.7 Å². The number of hydrogen-bond donors (Lipinski definition) is 0. The van der Waals surface area contributed by atoms with E-state index in [2.05, 4.69) is 0 Å². The average molecular weight is 346 g/mol. The average Bonchev–Trinajstić information content (AvgIpc) is 2.48. The lowest BCUT2D eigenvalue weighted by Crippen LogP contribution is -2.50. The molecule has 2 rings (SSSR count). The minimum atomic E-state index is -3.17. The van der Waals surface area contributed by atoms with E-state index in [1.807, 2.05) is 0 Å². The fraction of sp³-hybridized carbons (Fsp3) is 0.500. The number of nitrogens with zero attached hydrogens (tertiary/aromatic N) is 2. The van der Waals surface area contributed by atoms with Gasteiger partial charge in [0.05, 0.1) is 6.26 Å². The van der Waals surface area contributed by atoms with Gasteiger partial charge in [0, 0.05) is 43.2 Å². The van der Waals surface area contributed by atoms with Crippen LogP contribution in [0.1, 0.15) is 6.42 Å². The van der Waals surface area contributed by atoms with E-state index >= 15 is 0 Å². The molecule has 0 unspecified atom stereocenters. The van der Waals surface area contributed by atoms with Crippen molar-refractivity contribution in [1.82, 2.24) is 9.21 Å². The molecule has 0 saturated carbocycles. The minimum Gasteiger partial charge on any atom is -0.340 e. The van der Waals surface area contributed by atoms with Gasteiger partial charge in [-0.1, -0.05) is 0 Å². The Bertz CT molecular complexity index is 611. The summed E-state index contributed by atoms with van der Waals surface area (Å²) in [5.41, 5.74) is 0. The molecule has 1 saturated heterocycles. The molecule has 1 aromatic carbocycles. The Labute approximate surface area is 134 Å². The number of rotatable bonds is 5. The van der Waals surface area contributed by atoms with Crippen LogP contribution in [-0.4, -0.2) is 61.7 Å². The summed E-state index contributed by atoms with van der Waals surface area (Å²) < 4.78 is 37.0. The molecule has 1 aliphatic heterocycles. The van der Waals surface area contributed by atoms with Crippen LogP contribution in [0, 0.1) is 5.82 Å². The van der Waals surface area contributed by atoms with E-state index in [0.29, 0.717) is 38.4 Å². The fourth-order valence-electron chi connectivity index (χ4n) is 2.21. The summed E-state index contributed by atoms with van der Waals surface area (Å²) in [7, 11) is -3.17. The Morgan fingerprint density at radius 3 is 2.32 bits per heavy atom. The van der Waals surface area contributed by atoms with E-state index in [-0.39, 0.29) is 11.7 Å². The van der Waals surface area contributed by atoms with Crippen molar-refractivity contribution in [1.29, 1.82) is 0 Å². The van der Waals surface area contributed by atoms with Gasteiger partial charge < -0.3 is 4.90 Å². The number of thioether (sulfide) groups is 1. The zero-order valence-electron chi connectivity index (χ0n) is 12.4. The van der Waals surface area contributed by atoms with E-state index in [4.69, 9.17) is 0 Å². The van der Waals surface area contributed by atoms with Gasteiger partial charge in [0.2, 0.25) is 15.9 Å². The molecule has 1 aliphatic rings. The highest BCUT2D eigenvalue weighted by Gasteiger charge is 2.25. The Morgan fingerprint density at radius 1 is 1.18 bits per heavy atom. The summed E-state index contributed by atoms with van der Waals surface area (Å²) in [6, 6.07) is 6.17. The van der Waals surface area contributed by atoms with Crippen LogP contribution < -0.4 is 0 Å². The number of carbonyl (C=O) groups is 1. The van der Waals surface area contributed by atoms with Gasteiger partial charge in [-0.3, -0.25) is 4.79 Å². The molecule has 1 amide bonds. The summed E-state index contributed by atoms with van der Waals surface area (Å²) >= 11 is 1.51. The maximum absolute atomic E-state index is 12.8. The normalized spacial score (nSPS) is 16.7. The first kappa shape index (κ1) is 17.2. The first-order valence-electron chi connectivity index (χ1n) is 6.97. The zero-order chi connectivity index (χ0) is 16.2. The summed E-state index contributed by atoms with van der Waals surface area (Å²) in [6.45, 7) is 1.59. The van der Waals surface area contributed by atoms with Crippen LogP contribution in [0.3, 0.4) is 0 Å². The second kappa shape index (κ2) is 7.43. The van der Waals surface area contributed by atoms with Gasteiger partial charge >= 0.3 is 0 Å². The van der Waals surface area contributed by atoms with E-state index < -0.39 is 10.0 Å². The van der Waals surface area contributed by atoms with Crippen molar-refractivity contribution in [2.24, 2.45) is 0 Å². The monoisotopic (exact) mass is 346 g/mol. The Balaban J connectivity index is 1.73. The third kappa shape index (κ3) is 4.96. The third-order valence-electron chi connectivity index (χ3n) is 3.46. The van der Waals surface area contributed by atoms with E-state index in [0.717, 1.165) is 4.90 Å². The lowest BCUT2D eigenvalue weighted by molar-refractivity contribution is -0.131. The largest absolute Gasteiger partial charge is 0.340 e. The summed E-state index contributed by atoms with van der Waals surface area (Å²) in [5, 5.41) is 0. The molecular weight excluding hydrogens is 327 g/mol. The SMILES string of the molecule is CS(=O)(=O)N1CCN(C(=O)CCSc2ccc(F)cc2)CC1. The van der Waals surface area contributed by atoms with Crippen LogP contribution in [0.2, 0.25) is 0 Å². The van der Waals surface area contributed by atoms with Crippen molar-refractivity contribution in [3.05, 3.63) is 30.1 Å². The molecule has 1 heterocycles. The van der Waals surface area contributed by atoms with Gasteiger partial charge in [0.1, 0.15) is 5.82 Å². The van der Waals surface area contributed by atoms with Gasteiger partial charge in [-0.15, -0.1) is 11.8 Å². The van der Waals surface area contributed by atoms with Crippen LogP contribution in [-0.2, 0) is 14.8 Å². The maximum Gasteiger partial charge on any atom is 0.223 e. The molecule has 122 valence electrons. The summed E-state index contributed by atoms with van der Waals surface area (Å²) in [6.07, 6.45) is 1.57. The molecule has 0 spiro atoms. The van der Waals surface area contributed by atoms with E-state index in [1.54, 1.807) is 17.0 Å². The smallest absolute Gasteiger partial charge is 0.223 e. The standard InChI is InChI=1S/C14H19FN2O3S2/c1-22(19,20)17-9-7-16(8-10-17)14(18)6-11-21-13-4-2-12(15)3-5-13/h2-5H,6-11H2,1H3. The van der Waals surface area contributed by atoms with Gasteiger partial charge in [0.25, 0.3) is 0 Å². The maximum atomic E-state index is 12.8. The van der Waals surface area contributed by atoms with Crippen molar-refractivity contribution < 1.29 is 17.6 Å². The van der Waals surface area contributed by atoms with E-state index in [9.17, 15) is 17.6 Å². The minimum absolute atomic E-state index is 0.0303. The van der Waals surface area contributed by atoms with Crippen LogP contribution in [0.15, 0.2) is 29.2 Å². The Kier molecular flexibility index (Phi) is 5.82. The van der Waals surface area contributed by atoms with Crippen LogP contribution >= 0.6 is 11.8 Å². The Hall–Kier alpha value is -1.12. The molecule has 0 aromatic heterocycles. The van der Waals surface area contributed by atoms with Crippen molar-refractivity contribution in [2.75, 3.05) is 38.2 Å². The zero-order valence-corrected chi connectivity index (χ0v) is 14.0. The van der Waals surface area contributed by atoms with E-state index in [1.165, 1.54) is 34.5 Å². The highest BCUT2D eigenvalue weighted by molar-refractivity contribution is 7.99. The van der Waals surface area contributed by atoms with Crippen molar-refractivity contribution in [3.63, 3.8) is 0 Å². The van der Waals surface area contributed by atoms with Gasteiger partial charge in [-0.2, -0.15) is 4.31 Å². The molecule has 22 heavy (non-hydrogen) atoms. The quantitative estimate of drug-likeness (QED) is 0.757. The van der Waals surface area contributed by atoms with Crippen molar-refractivity contribution in [2.45, 2.75) is 11.3 Å². The van der Waals surface area contributed by atoms with Crippen LogP contribution in [0.5, 0.6) is 0 Å². The number of benzene rings is 1. The molecule has 5 nitrogen and oxygen atoms in total. The number of halogens is 1. The molecule has 0 atom stereocenters. The molecular formula is C14H19FN2O3S2. The number of carbonyl (C=O) groups excluding carboxylic acids is 1. The highest BCUT2D eigenvalue weighted by atomic mass is 32.2. The van der Waals surface area contributed by atoms with Crippen molar-refractivity contribution in [3.8, 4) is 0 Å². The van der Waals surface area contributed by atoms with Gasteiger partial charge in [-0.25, -0.2) is 12.8 Å². The van der Waals surface area contributed by atoms with Crippen LogP contribution in [0.4, 0.5) is 4.39 Å². The predicted octanol–water partition coefficient (Wildman–Crippen LogP) is 1.41. The Morgan fingerprint density at radius 2 is 1.77 bits per heavy atom. The van der Waals surface area contributed by atoms with Crippen molar-refractivity contribution >= 4 is 27.7 Å². The number of piperazine rings is 1. The molecule has 8 heteroatoms. The molecule has 1 aromatic rings. The molecule has 0 aliphatic carbocycles. The fourth-order valence-corrected chi connectivity index (χ4v) is 3.88. The van der Waals surface area contributed by atoms with Gasteiger partial charge in [-0.05, 0) is 24.3 Å². The van der Waals surface area contributed by atoms with Gasteiger partial charge in [0.15, 0.2) is 0 Å².